The number of allylic oxidation sites excluding steroid dienone is 1. The minimum atomic E-state index is -0.350. The number of halogens is 1. The van der Waals surface area contributed by atoms with Crippen molar-refractivity contribution in [1.82, 2.24) is 5.32 Å². The third-order valence-corrected chi connectivity index (χ3v) is 6.98. The molecule has 0 unspecified atom stereocenters. The summed E-state index contributed by atoms with van der Waals surface area (Å²) in [6.07, 6.45) is 3.78. The van der Waals surface area contributed by atoms with Crippen LogP contribution in [0.15, 0.2) is 46.3 Å². The Morgan fingerprint density at radius 2 is 1.94 bits per heavy atom. The lowest BCUT2D eigenvalue weighted by Crippen LogP contribution is -2.42. The summed E-state index contributed by atoms with van der Waals surface area (Å²) in [7, 11) is 1.97. The molecule has 1 fully saturated rings. The van der Waals surface area contributed by atoms with Gasteiger partial charge in [-0.25, -0.2) is 9.38 Å². The summed E-state index contributed by atoms with van der Waals surface area (Å²) in [4.78, 5) is 19.6. The van der Waals surface area contributed by atoms with Gasteiger partial charge in [0, 0.05) is 23.9 Å². The highest BCUT2D eigenvalue weighted by Gasteiger charge is 2.30. The summed E-state index contributed by atoms with van der Waals surface area (Å²) in [6, 6.07) is 9.26. The number of likely N-dealkylation sites (N-methyl/N-ethyl adjacent to an activating group) is 1. The molecule has 1 amide bonds. The van der Waals surface area contributed by atoms with Gasteiger partial charge in [-0.2, -0.15) is 0 Å². The Hall–Kier alpha value is -2.86. The number of fused-ring (bicyclic) bond motifs is 1. The summed E-state index contributed by atoms with van der Waals surface area (Å²) in [5, 5.41) is 3.29. The number of rotatable bonds is 2. The first-order chi connectivity index (χ1) is 14.6. The molecule has 1 N–H and O–H groups in total. The highest BCUT2D eigenvalue weighted by atomic mass is 32.2. The highest BCUT2D eigenvalue weighted by molar-refractivity contribution is 8.18. The highest BCUT2D eigenvalue weighted by Crippen LogP contribution is 2.40. The molecular weight excluding hydrogens is 409 g/mol. The molecule has 2 heterocycles. The number of nitrogens with zero attached hydrogens (tertiary/aromatic N) is 2. The van der Waals surface area contributed by atoms with E-state index in [-0.39, 0.29) is 17.3 Å². The van der Waals surface area contributed by atoms with Crippen LogP contribution < -0.4 is 10.2 Å². The van der Waals surface area contributed by atoms with Crippen LogP contribution in [0, 0.1) is 19.7 Å². The van der Waals surface area contributed by atoms with E-state index in [1.807, 2.05) is 52.1 Å². The van der Waals surface area contributed by atoms with E-state index in [0.29, 0.717) is 15.6 Å². The Kier molecular flexibility index (Phi) is 5.30. The number of aryl methyl sites for hydroxylation is 1. The molecule has 2 aromatic carbocycles. The zero-order chi connectivity index (χ0) is 22.5. The summed E-state index contributed by atoms with van der Waals surface area (Å²) < 4.78 is 15.0. The van der Waals surface area contributed by atoms with Gasteiger partial charge in [0.05, 0.1) is 16.1 Å². The van der Waals surface area contributed by atoms with Crippen LogP contribution in [0.3, 0.4) is 0 Å². The van der Waals surface area contributed by atoms with Crippen molar-refractivity contribution in [3.05, 3.63) is 69.4 Å². The van der Waals surface area contributed by atoms with Crippen LogP contribution >= 0.6 is 11.8 Å². The van der Waals surface area contributed by atoms with Crippen LogP contribution in [0.2, 0.25) is 0 Å². The van der Waals surface area contributed by atoms with Crippen molar-refractivity contribution in [2.45, 2.75) is 40.2 Å². The second kappa shape index (κ2) is 7.68. The van der Waals surface area contributed by atoms with E-state index in [1.165, 1.54) is 11.8 Å². The molecule has 0 aliphatic carbocycles. The Labute approximate surface area is 186 Å². The zero-order valence-electron chi connectivity index (χ0n) is 18.6. The standard InChI is InChI=1S/C25H26FN3OS/c1-14-8-7-9-20(16(14)3)27-24-28-23(30)22(31-24)11-17-10-18-15(2)13-25(4,5)29(6)21(18)12-19(17)26/h7-13H,1-6H3,(H,27,28,30)/b22-11+. The molecule has 0 atom stereocenters. The molecular formula is C25H26FN3OS. The first kappa shape index (κ1) is 21.4. The number of hydrogen-bond acceptors (Lipinski definition) is 4. The summed E-state index contributed by atoms with van der Waals surface area (Å²) >= 11 is 1.23. The minimum absolute atomic E-state index is 0.190. The normalized spacial score (nSPS) is 20.2. The number of aliphatic imine (C=N–C) groups is 1. The number of hydrogen-bond donors (Lipinski definition) is 1. The third-order valence-electron chi connectivity index (χ3n) is 6.07. The van der Waals surface area contributed by atoms with E-state index < -0.39 is 0 Å². The summed E-state index contributed by atoms with van der Waals surface area (Å²) in [6.45, 7) is 10.3. The molecule has 2 aromatic rings. The first-order valence-corrected chi connectivity index (χ1v) is 11.0. The molecule has 160 valence electrons. The van der Waals surface area contributed by atoms with Crippen LogP contribution in [0.25, 0.3) is 11.6 Å². The van der Waals surface area contributed by atoms with Gasteiger partial charge in [0.1, 0.15) is 5.82 Å². The molecule has 0 radical (unpaired) electrons. The largest absolute Gasteiger partial charge is 0.365 e. The van der Waals surface area contributed by atoms with Crippen LogP contribution in [0.5, 0.6) is 0 Å². The fourth-order valence-corrected chi connectivity index (χ4v) is 4.71. The van der Waals surface area contributed by atoms with Crippen LogP contribution in [0.1, 0.15) is 43.0 Å². The average Bonchev–Trinajstić information content (AvgIpc) is 3.03. The maximum absolute atomic E-state index is 15.0. The molecule has 4 nitrogen and oxygen atoms in total. The minimum Gasteiger partial charge on any atom is -0.365 e. The van der Waals surface area contributed by atoms with Crippen molar-refractivity contribution >= 4 is 45.9 Å². The lowest BCUT2D eigenvalue weighted by molar-refractivity contribution is -0.115. The van der Waals surface area contributed by atoms with Gasteiger partial charge in [0.2, 0.25) is 0 Å². The number of amides is 1. The van der Waals surface area contributed by atoms with Crippen molar-refractivity contribution in [1.29, 1.82) is 0 Å². The second-order valence-corrected chi connectivity index (χ2v) is 9.66. The Morgan fingerprint density at radius 1 is 1.19 bits per heavy atom. The van der Waals surface area contributed by atoms with Crippen molar-refractivity contribution in [3.63, 3.8) is 0 Å². The maximum Gasteiger partial charge on any atom is 0.264 e. The van der Waals surface area contributed by atoms with E-state index in [4.69, 9.17) is 0 Å². The topological polar surface area (TPSA) is 44.7 Å². The van der Waals surface area contributed by atoms with Crippen molar-refractivity contribution in [2.75, 3.05) is 11.9 Å². The van der Waals surface area contributed by atoms with E-state index in [9.17, 15) is 9.18 Å². The van der Waals surface area contributed by atoms with Gasteiger partial charge in [-0.3, -0.25) is 4.79 Å². The predicted molar refractivity (Wildman–Crippen MR) is 129 cm³/mol. The lowest BCUT2D eigenvalue weighted by Gasteiger charge is -2.40. The smallest absolute Gasteiger partial charge is 0.264 e. The molecule has 4 rings (SSSR count). The fraction of sp³-hybridized carbons (Fsp3) is 0.280. The second-order valence-electron chi connectivity index (χ2n) is 8.63. The van der Waals surface area contributed by atoms with Crippen molar-refractivity contribution in [3.8, 4) is 0 Å². The SMILES string of the molecule is CC1=CC(C)(C)N(C)c2cc(F)c(/C=C3/SC(=Nc4cccc(C)c4C)NC3=O)cc21. The molecule has 2 aliphatic rings. The predicted octanol–water partition coefficient (Wildman–Crippen LogP) is 5.97. The molecule has 2 aliphatic heterocycles. The summed E-state index contributed by atoms with van der Waals surface area (Å²) in [5.41, 5.74) is 6.15. The number of anilines is 1. The van der Waals surface area contributed by atoms with Crippen LogP contribution in [0.4, 0.5) is 15.8 Å². The molecule has 0 spiro atoms. The lowest BCUT2D eigenvalue weighted by atomic mass is 9.88. The van der Waals surface area contributed by atoms with E-state index >= 15 is 0 Å². The van der Waals surface area contributed by atoms with Gasteiger partial charge < -0.3 is 10.2 Å². The zero-order valence-corrected chi connectivity index (χ0v) is 19.4. The number of carbonyl (C=O) groups excluding carboxylic acids is 1. The third kappa shape index (κ3) is 3.92. The molecule has 0 aromatic heterocycles. The van der Waals surface area contributed by atoms with Gasteiger partial charge >= 0.3 is 0 Å². The van der Waals surface area contributed by atoms with E-state index in [2.05, 4.69) is 35.1 Å². The van der Waals surface area contributed by atoms with Crippen molar-refractivity contribution < 1.29 is 9.18 Å². The van der Waals surface area contributed by atoms with Gasteiger partial charge in [-0.1, -0.05) is 18.2 Å². The van der Waals surface area contributed by atoms with Crippen LogP contribution in [-0.2, 0) is 4.79 Å². The molecule has 6 heteroatoms. The number of nitrogens with one attached hydrogen (secondary N) is 1. The molecule has 0 saturated carbocycles. The van der Waals surface area contributed by atoms with Crippen LogP contribution in [-0.4, -0.2) is 23.7 Å². The Balaban J connectivity index is 1.68. The first-order valence-electron chi connectivity index (χ1n) is 10.2. The number of carbonyl (C=O) groups is 1. The maximum atomic E-state index is 15.0. The van der Waals surface area contributed by atoms with Gasteiger partial charge in [0.25, 0.3) is 5.91 Å². The molecule has 1 saturated heterocycles. The molecule has 31 heavy (non-hydrogen) atoms. The van der Waals surface area contributed by atoms with Gasteiger partial charge in [-0.15, -0.1) is 0 Å². The van der Waals surface area contributed by atoms with Gasteiger partial charge in [0.15, 0.2) is 5.17 Å². The Morgan fingerprint density at radius 3 is 2.68 bits per heavy atom. The average molecular weight is 436 g/mol. The summed E-state index contributed by atoms with van der Waals surface area (Å²) in [5.74, 6) is -0.617. The van der Waals surface area contributed by atoms with Gasteiger partial charge in [-0.05, 0) is 87.4 Å². The number of benzene rings is 2. The molecule has 0 bridgehead atoms. The quantitative estimate of drug-likeness (QED) is 0.592. The fourth-order valence-electron chi connectivity index (χ4n) is 3.89. The Bertz CT molecular complexity index is 1190. The van der Waals surface area contributed by atoms with Crippen molar-refractivity contribution in [2.24, 2.45) is 4.99 Å². The monoisotopic (exact) mass is 435 g/mol. The van der Waals surface area contributed by atoms with E-state index in [1.54, 1.807) is 12.1 Å². The van der Waals surface area contributed by atoms with E-state index in [0.717, 1.165) is 33.6 Å². The number of thioether (sulfide) groups is 1. The number of amidine groups is 1.